The minimum absolute atomic E-state index is 0.0630. The number of rotatable bonds is 3. The first-order chi connectivity index (χ1) is 11.1. The molecule has 1 atom stereocenters. The van der Waals surface area contributed by atoms with Gasteiger partial charge in [0.1, 0.15) is 5.75 Å². The summed E-state index contributed by atoms with van der Waals surface area (Å²) in [5, 5.41) is 6.88. The van der Waals surface area contributed by atoms with Crippen LogP contribution in [0.4, 0.5) is 10.5 Å². The molecule has 1 N–H and O–H groups in total. The van der Waals surface area contributed by atoms with Gasteiger partial charge in [-0.15, -0.1) is 0 Å². The summed E-state index contributed by atoms with van der Waals surface area (Å²) in [5.74, 6) is 1.39. The first-order valence-electron chi connectivity index (χ1n) is 7.74. The maximum absolute atomic E-state index is 12.7. The SMILES string of the molecule is COc1ccc(C)cc1NC(=O)N1CCC[C@H]1c1cc(C)no1. The molecule has 23 heavy (non-hydrogen) atoms. The molecule has 3 rings (SSSR count). The van der Waals surface area contributed by atoms with Crippen LogP contribution in [0.25, 0.3) is 0 Å². The Morgan fingerprint density at radius 2 is 2.22 bits per heavy atom. The number of urea groups is 1. The number of likely N-dealkylation sites (tertiary alicyclic amines) is 1. The first-order valence-corrected chi connectivity index (χ1v) is 7.74. The Balaban J connectivity index is 1.79. The Kier molecular flexibility index (Phi) is 4.23. The Labute approximate surface area is 135 Å². The van der Waals surface area contributed by atoms with Crippen molar-refractivity contribution < 1.29 is 14.1 Å². The van der Waals surface area contributed by atoms with Crippen LogP contribution in [0, 0.1) is 13.8 Å². The topological polar surface area (TPSA) is 67.6 Å². The number of hydrogen-bond donors (Lipinski definition) is 1. The maximum atomic E-state index is 12.7. The van der Waals surface area contributed by atoms with E-state index in [-0.39, 0.29) is 12.1 Å². The molecule has 2 heterocycles. The normalized spacial score (nSPS) is 17.3. The van der Waals surface area contributed by atoms with Gasteiger partial charge >= 0.3 is 6.03 Å². The van der Waals surface area contributed by atoms with Crippen molar-refractivity contribution in [2.24, 2.45) is 0 Å². The molecule has 0 radical (unpaired) electrons. The van der Waals surface area contributed by atoms with Gasteiger partial charge in [-0.3, -0.25) is 0 Å². The predicted octanol–water partition coefficient (Wildman–Crippen LogP) is 3.67. The van der Waals surface area contributed by atoms with Crippen molar-refractivity contribution in [1.82, 2.24) is 10.1 Å². The summed E-state index contributed by atoms with van der Waals surface area (Å²) in [6.07, 6.45) is 1.83. The zero-order chi connectivity index (χ0) is 16.4. The van der Waals surface area contributed by atoms with Crippen LogP contribution < -0.4 is 10.1 Å². The molecule has 1 aromatic carbocycles. The number of nitrogens with zero attached hydrogens (tertiary/aromatic N) is 2. The summed E-state index contributed by atoms with van der Waals surface area (Å²) in [6.45, 7) is 4.55. The maximum Gasteiger partial charge on any atom is 0.322 e. The van der Waals surface area contributed by atoms with Crippen LogP contribution in [0.15, 0.2) is 28.8 Å². The predicted molar refractivity (Wildman–Crippen MR) is 86.7 cm³/mol. The zero-order valence-corrected chi connectivity index (χ0v) is 13.6. The highest BCUT2D eigenvalue weighted by molar-refractivity contribution is 5.91. The lowest BCUT2D eigenvalue weighted by Crippen LogP contribution is -2.34. The molecule has 0 unspecified atom stereocenters. The van der Waals surface area contributed by atoms with E-state index in [9.17, 15) is 4.79 Å². The van der Waals surface area contributed by atoms with E-state index in [2.05, 4.69) is 10.5 Å². The summed E-state index contributed by atoms with van der Waals surface area (Å²) in [7, 11) is 1.59. The number of ether oxygens (including phenoxy) is 1. The van der Waals surface area contributed by atoms with Crippen LogP contribution in [0.1, 0.15) is 35.9 Å². The number of carbonyl (C=O) groups is 1. The van der Waals surface area contributed by atoms with E-state index in [1.165, 1.54) is 0 Å². The molecular formula is C17H21N3O3. The fourth-order valence-electron chi connectivity index (χ4n) is 2.95. The van der Waals surface area contributed by atoms with Crippen LogP contribution in [0.5, 0.6) is 5.75 Å². The lowest BCUT2D eigenvalue weighted by atomic mass is 10.1. The van der Waals surface area contributed by atoms with E-state index in [0.717, 1.165) is 29.9 Å². The lowest BCUT2D eigenvalue weighted by Gasteiger charge is -2.23. The van der Waals surface area contributed by atoms with Crippen LogP contribution in [-0.2, 0) is 0 Å². The minimum Gasteiger partial charge on any atom is -0.495 e. The fourth-order valence-corrected chi connectivity index (χ4v) is 2.95. The van der Waals surface area contributed by atoms with Crippen LogP contribution in [-0.4, -0.2) is 29.7 Å². The van der Waals surface area contributed by atoms with Crippen molar-refractivity contribution in [2.75, 3.05) is 19.0 Å². The van der Waals surface area contributed by atoms with E-state index in [4.69, 9.17) is 9.26 Å². The van der Waals surface area contributed by atoms with Crippen molar-refractivity contribution in [3.05, 3.63) is 41.3 Å². The summed E-state index contributed by atoms with van der Waals surface area (Å²) in [5.41, 5.74) is 2.56. The van der Waals surface area contributed by atoms with E-state index in [0.29, 0.717) is 18.0 Å². The Morgan fingerprint density at radius 3 is 2.91 bits per heavy atom. The average molecular weight is 315 g/mol. The van der Waals surface area contributed by atoms with E-state index >= 15 is 0 Å². The summed E-state index contributed by atoms with van der Waals surface area (Å²) < 4.78 is 10.7. The summed E-state index contributed by atoms with van der Waals surface area (Å²) in [6, 6.07) is 7.39. The van der Waals surface area contributed by atoms with E-state index in [1.54, 1.807) is 12.0 Å². The highest BCUT2D eigenvalue weighted by atomic mass is 16.5. The molecule has 0 spiro atoms. The monoisotopic (exact) mass is 315 g/mol. The number of amides is 2. The Bertz CT molecular complexity index is 711. The highest BCUT2D eigenvalue weighted by Crippen LogP contribution is 2.33. The molecule has 1 fully saturated rings. The van der Waals surface area contributed by atoms with Crippen LogP contribution in [0.3, 0.4) is 0 Å². The van der Waals surface area contributed by atoms with Crippen molar-refractivity contribution in [2.45, 2.75) is 32.7 Å². The number of hydrogen-bond acceptors (Lipinski definition) is 4. The van der Waals surface area contributed by atoms with Gasteiger partial charge in [0.25, 0.3) is 0 Å². The molecule has 0 bridgehead atoms. The number of benzene rings is 1. The van der Waals surface area contributed by atoms with Gasteiger partial charge in [0.15, 0.2) is 5.76 Å². The minimum atomic E-state index is -0.148. The molecule has 2 amide bonds. The van der Waals surface area contributed by atoms with Crippen LogP contribution >= 0.6 is 0 Å². The number of aromatic nitrogens is 1. The van der Waals surface area contributed by atoms with E-state index < -0.39 is 0 Å². The van der Waals surface area contributed by atoms with Gasteiger partial charge in [0, 0.05) is 12.6 Å². The first kappa shape index (κ1) is 15.4. The second-order valence-electron chi connectivity index (χ2n) is 5.86. The van der Waals surface area contributed by atoms with Gasteiger partial charge in [-0.1, -0.05) is 11.2 Å². The van der Waals surface area contributed by atoms with Gasteiger partial charge in [-0.05, 0) is 44.4 Å². The molecule has 0 aliphatic carbocycles. The average Bonchev–Trinajstić information content (AvgIpc) is 3.15. The molecule has 2 aromatic rings. The smallest absolute Gasteiger partial charge is 0.322 e. The standard InChI is InChI=1S/C17H21N3O3/c1-11-6-7-15(22-3)13(9-11)18-17(21)20-8-4-5-14(20)16-10-12(2)19-23-16/h6-7,9-10,14H,4-5,8H2,1-3H3,(H,18,21)/t14-/m0/s1. The van der Waals surface area contributed by atoms with Crippen molar-refractivity contribution in [1.29, 1.82) is 0 Å². The summed E-state index contributed by atoms with van der Waals surface area (Å²) >= 11 is 0. The zero-order valence-electron chi connectivity index (χ0n) is 13.6. The summed E-state index contributed by atoms with van der Waals surface area (Å²) in [4.78, 5) is 14.5. The molecule has 1 aliphatic rings. The Hall–Kier alpha value is -2.50. The second-order valence-corrected chi connectivity index (χ2v) is 5.86. The van der Waals surface area contributed by atoms with Gasteiger partial charge in [-0.25, -0.2) is 4.79 Å². The lowest BCUT2D eigenvalue weighted by molar-refractivity contribution is 0.195. The molecule has 1 saturated heterocycles. The largest absolute Gasteiger partial charge is 0.495 e. The molecule has 6 heteroatoms. The number of nitrogens with one attached hydrogen (secondary N) is 1. The van der Waals surface area contributed by atoms with Gasteiger partial charge in [0.05, 0.1) is 24.5 Å². The van der Waals surface area contributed by atoms with Crippen molar-refractivity contribution in [3.8, 4) is 5.75 Å². The van der Waals surface area contributed by atoms with E-state index in [1.807, 2.05) is 38.1 Å². The van der Waals surface area contributed by atoms with Gasteiger partial charge in [-0.2, -0.15) is 0 Å². The van der Waals surface area contributed by atoms with Crippen molar-refractivity contribution >= 4 is 11.7 Å². The molecule has 1 aromatic heterocycles. The van der Waals surface area contributed by atoms with Gasteiger partial charge < -0.3 is 19.5 Å². The van der Waals surface area contributed by atoms with Gasteiger partial charge in [0.2, 0.25) is 0 Å². The Morgan fingerprint density at radius 1 is 1.39 bits per heavy atom. The highest BCUT2D eigenvalue weighted by Gasteiger charge is 2.33. The van der Waals surface area contributed by atoms with Crippen LogP contribution in [0.2, 0.25) is 0 Å². The number of anilines is 1. The van der Waals surface area contributed by atoms with Crippen molar-refractivity contribution in [3.63, 3.8) is 0 Å². The molecule has 122 valence electrons. The third kappa shape index (κ3) is 3.16. The third-order valence-corrected chi connectivity index (χ3v) is 4.08. The fraction of sp³-hybridized carbons (Fsp3) is 0.412. The molecular weight excluding hydrogens is 294 g/mol. The molecule has 6 nitrogen and oxygen atoms in total. The quantitative estimate of drug-likeness (QED) is 0.938. The molecule has 1 aliphatic heterocycles. The third-order valence-electron chi connectivity index (χ3n) is 4.08. The molecule has 0 saturated carbocycles. The number of aryl methyl sites for hydroxylation is 2. The number of carbonyl (C=O) groups excluding carboxylic acids is 1. The number of methoxy groups -OCH3 is 1. The second kappa shape index (κ2) is 6.32.